The number of rotatable bonds is 5. The minimum absolute atomic E-state index is 0.104. The Labute approximate surface area is 232 Å². The molecule has 2 aliphatic rings. The number of hydrogen-bond acceptors (Lipinski definition) is 6. The first-order chi connectivity index (χ1) is 17.4. The molecule has 1 fully saturated rings. The van der Waals surface area contributed by atoms with Crippen molar-refractivity contribution in [1.82, 2.24) is 9.55 Å². The minimum Gasteiger partial charge on any atom is -0.390 e. The van der Waals surface area contributed by atoms with Gasteiger partial charge in [-0.1, -0.05) is 51.3 Å². The molecule has 2 heterocycles. The molecule has 1 aliphatic heterocycles. The smallest absolute Gasteiger partial charge is 0.260 e. The number of carbonyl (C=O) groups is 1. The van der Waals surface area contributed by atoms with Crippen LogP contribution in [0.3, 0.4) is 0 Å². The Morgan fingerprint density at radius 1 is 1.11 bits per heavy atom. The number of imidazole rings is 1. The quantitative estimate of drug-likeness (QED) is 0.426. The van der Waals surface area contributed by atoms with Gasteiger partial charge in [-0.3, -0.25) is 9.36 Å². The lowest BCUT2D eigenvalue weighted by Gasteiger charge is -2.32. The van der Waals surface area contributed by atoms with E-state index in [-0.39, 0.29) is 23.8 Å². The monoisotopic (exact) mass is 627 g/mol. The summed E-state index contributed by atoms with van der Waals surface area (Å²) in [4.78, 5) is 19.8. The molecule has 8 nitrogen and oxygen atoms in total. The first kappa shape index (κ1) is 26.6. The Hall–Kier alpha value is -1.95. The topological polar surface area (TPSA) is 113 Å². The highest BCUT2D eigenvalue weighted by Crippen LogP contribution is 2.45. The Bertz CT molecular complexity index is 1460. The number of amides is 1. The van der Waals surface area contributed by atoms with Crippen LogP contribution in [-0.4, -0.2) is 51.5 Å². The lowest BCUT2D eigenvalue weighted by molar-refractivity contribution is -0.124. The number of aliphatic hydroxyl groups excluding tert-OH is 2. The Morgan fingerprint density at radius 2 is 1.76 bits per heavy atom. The van der Waals surface area contributed by atoms with Gasteiger partial charge in [0.15, 0.2) is 5.03 Å². The van der Waals surface area contributed by atoms with E-state index in [1.165, 1.54) is 21.7 Å². The summed E-state index contributed by atoms with van der Waals surface area (Å²) in [6.07, 6.45) is -0.244. The average molecular weight is 629 g/mol. The second kappa shape index (κ2) is 9.66. The third-order valence-corrected chi connectivity index (χ3v) is 10.2. The highest BCUT2D eigenvalue weighted by molar-refractivity contribution is 9.10. The third kappa shape index (κ3) is 4.51. The molecule has 1 aromatic heterocycles. The van der Waals surface area contributed by atoms with Gasteiger partial charge >= 0.3 is 0 Å². The summed E-state index contributed by atoms with van der Waals surface area (Å²) in [6, 6.07) is 12.1. The molecule has 5 rings (SSSR count). The van der Waals surface area contributed by atoms with Crippen LogP contribution in [0.1, 0.15) is 31.7 Å². The fourth-order valence-electron chi connectivity index (χ4n) is 5.24. The van der Waals surface area contributed by atoms with Crippen molar-refractivity contribution in [1.29, 1.82) is 0 Å². The van der Waals surface area contributed by atoms with Gasteiger partial charge in [0.1, 0.15) is 5.54 Å². The van der Waals surface area contributed by atoms with Gasteiger partial charge in [0.05, 0.1) is 29.3 Å². The van der Waals surface area contributed by atoms with E-state index in [0.717, 1.165) is 10.0 Å². The second-order valence-corrected chi connectivity index (χ2v) is 13.6. The van der Waals surface area contributed by atoms with Gasteiger partial charge in [-0.05, 0) is 62.1 Å². The van der Waals surface area contributed by atoms with Crippen molar-refractivity contribution in [3.8, 4) is 0 Å². The molecular weight excluding hydrogens is 605 g/mol. The Morgan fingerprint density at radius 3 is 2.41 bits per heavy atom. The van der Waals surface area contributed by atoms with Crippen LogP contribution in [0.4, 0.5) is 11.6 Å². The summed E-state index contributed by atoms with van der Waals surface area (Å²) in [5.74, 6) is -0.301. The first-order valence-electron chi connectivity index (χ1n) is 11.7. The number of anilines is 2. The summed E-state index contributed by atoms with van der Waals surface area (Å²) in [5.41, 5.74) is -0.221. The van der Waals surface area contributed by atoms with Crippen molar-refractivity contribution in [2.75, 3.05) is 4.90 Å². The predicted octanol–water partition coefficient (Wildman–Crippen LogP) is 4.64. The summed E-state index contributed by atoms with van der Waals surface area (Å²) < 4.78 is 30.1. The standard InChI is InChI=1S/C25H24BrCl2N3O5S/c1-25(12-14-5-7-15(26)8-6-14)23(34)30(18-10-16(27)9-17(28)11-18)24-29-13-21(31(24)25)37(35,36)20-4-2-3-19(32)22(20)33/h5-11,13,19-20,22,32-33H,2-4,12H2,1H3/t19?,20?,22?,25-/m1/s1. The van der Waals surface area contributed by atoms with E-state index in [4.69, 9.17) is 23.2 Å². The van der Waals surface area contributed by atoms with E-state index in [9.17, 15) is 23.4 Å². The van der Waals surface area contributed by atoms with Crippen LogP contribution in [0, 0.1) is 0 Å². The van der Waals surface area contributed by atoms with Crippen LogP contribution < -0.4 is 4.90 Å². The number of hydrogen-bond donors (Lipinski definition) is 2. The molecule has 4 atom stereocenters. The minimum atomic E-state index is -4.19. The normalized spacial score (nSPS) is 25.9. The van der Waals surface area contributed by atoms with Crippen LogP contribution in [0.5, 0.6) is 0 Å². The van der Waals surface area contributed by atoms with Crippen molar-refractivity contribution in [3.05, 3.63) is 68.7 Å². The zero-order chi connectivity index (χ0) is 26.7. The van der Waals surface area contributed by atoms with Gasteiger partial charge in [0, 0.05) is 20.9 Å². The first-order valence-corrected chi connectivity index (χ1v) is 14.8. The third-order valence-electron chi connectivity index (χ3n) is 7.09. The van der Waals surface area contributed by atoms with Crippen LogP contribution in [0.2, 0.25) is 10.0 Å². The van der Waals surface area contributed by atoms with Gasteiger partial charge in [0.25, 0.3) is 5.91 Å². The fourth-order valence-corrected chi connectivity index (χ4v) is 8.10. The van der Waals surface area contributed by atoms with Crippen molar-refractivity contribution in [2.24, 2.45) is 0 Å². The maximum Gasteiger partial charge on any atom is 0.260 e. The molecule has 0 radical (unpaired) electrons. The number of halogens is 3. The van der Waals surface area contributed by atoms with Gasteiger partial charge in [0.2, 0.25) is 15.8 Å². The molecule has 3 unspecified atom stereocenters. The molecule has 1 amide bonds. The molecule has 37 heavy (non-hydrogen) atoms. The molecule has 1 saturated carbocycles. The number of sulfone groups is 1. The Balaban J connectivity index is 1.69. The van der Waals surface area contributed by atoms with Crippen LogP contribution in [-0.2, 0) is 26.6 Å². The number of aromatic nitrogens is 2. The highest BCUT2D eigenvalue weighted by atomic mass is 79.9. The molecular formula is C25H24BrCl2N3O5S. The van der Waals surface area contributed by atoms with Gasteiger partial charge < -0.3 is 10.2 Å². The largest absolute Gasteiger partial charge is 0.390 e. The maximum absolute atomic E-state index is 14.1. The number of fused-ring (bicyclic) bond motifs is 1. The molecule has 196 valence electrons. The summed E-state index contributed by atoms with van der Waals surface area (Å²) in [6.45, 7) is 1.67. The van der Waals surface area contributed by atoms with Gasteiger partial charge in [-0.2, -0.15) is 0 Å². The zero-order valence-electron chi connectivity index (χ0n) is 19.7. The van der Waals surface area contributed by atoms with Crippen LogP contribution >= 0.6 is 39.1 Å². The molecule has 0 bridgehead atoms. The van der Waals surface area contributed by atoms with Crippen LogP contribution in [0.15, 0.2) is 58.2 Å². The fraction of sp³-hybridized carbons (Fsp3) is 0.360. The van der Waals surface area contributed by atoms with E-state index in [0.29, 0.717) is 28.6 Å². The predicted molar refractivity (Wildman–Crippen MR) is 144 cm³/mol. The lowest BCUT2D eigenvalue weighted by atomic mass is 9.92. The zero-order valence-corrected chi connectivity index (χ0v) is 23.6. The number of benzene rings is 2. The van der Waals surface area contributed by atoms with Crippen LogP contribution in [0.25, 0.3) is 0 Å². The van der Waals surface area contributed by atoms with E-state index in [1.54, 1.807) is 19.1 Å². The molecule has 3 aromatic rings. The maximum atomic E-state index is 14.1. The molecule has 2 N–H and O–H groups in total. The average Bonchev–Trinajstić information content (AvgIpc) is 3.35. The summed E-state index contributed by atoms with van der Waals surface area (Å²) in [5, 5.41) is 20.0. The number of nitrogens with zero attached hydrogens (tertiary/aromatic N) is 3. The van der Waals surface area contributed by atoms with Crippen molar-refractivity contribution in [3.63, 3.8) is 0 Å². The molecule has 0 saturated heterocycles. The van der Waals surface area contributed by atoms with Crippen molar-refractivity contribution < 1.29 is 23.4 Å². The van der Waals surface area contributed by atoms with Gasteiger partial charge in [-0.25, -0.2) is 18.3 Å². The summed E-state index contributed by atoms with van der Waals surface area (Å²) >= 11 is 15.9. The molecule has 12 heteroatoms. The van der Waals surface area contributed by atoms with E-state index in [1.807, 2.05) is 24.3 Å². The lowest BCUT2D eigenvalue weighted by Crippen LogP contribution is -2.47. The van der Waals surface area contributed by atoms with Crippen molar-refractivity contribution >= 4 is 66.5 Å². The second-order valence-electron chi connectivity index (χ2n) is 9.65. The van der Waals surface area contributed by atoms with Gasteiger partial charge in [-0.15, -0.1) is 0 Å². The number of carbonyl (C=O) groups excluding carboxylic acids is 1. The highest BCUT2D eigenvalue weighted by Gasteiger charge is 2.53. The molecule has 0 spiro atoms. The Kier molecular flexibility index (Phi) is 6.96. The van der Waals surface area contributed by atoms with E-state index in [2.05, 4.69) is 20.9 Å². The molecule has 1 aliphatic carbocycles. The summed E-state index contributed by atoms with van der Waals surface area (Å²) in [7, 11) is -4.19. The number of aliphatic hydroxyl groups is 2. The van der Waals surface area contributed by atoms with E-state index >= 15 is 0 Å². The van der Waals surface area contributed by atoms with Crippen molar-refractivity contribution in [2.45, 2.75) is 60.6 Å². The molecule has 2 aromatic carbocycles. The van der Waals surface area contributed by atoms with E-state index < -0.39 is 38.7 Å². The SMILES string of the molecule is C[C@@]1(Cc2ccc(Br)cc2)C(=O)N(c2cc(Cl)cc(Cl)c2)c2ncc(S(=O)(=O)C3CCCC(O)C3O)n21.